The first-order valence-corrected chi connectivity index (χ1v) is 12.6. The first-order valence-electron chi connectivity index (χ1n) is 11.7. The molecule has 4 aliphatic rings. The van der Waals surface area contributed by atoms with Gasteiger partial charge in [-0.3, -0.25) is 14.4 Å². The molecule has 1 aromatic heterocycles. The van der Waals surface area contributed by atoms with E-state index in [1.807, 2.05) is 22.4 Å². The molecule has 3 N–H and O–H groups in total. The first-order chi connectivity index (χ1) is 15.0. The van der Waals surface area contributed by atoms with E-state index in [1.54, 1.807) is 4.90 Å². The Kier molecular flexibility index (Phi) is 5.77. The van der Waals surface area contributed by atoms with Crippen LogP contribution >= 0.6 is 11.3 Å². The van der Waals surface area contributed by atoms with Gasteiger partial charge in [-0.05, 0) is 69.2 Å². The number of nitrogens with zero attached hydrogens (tertiary/aromatic N) is 2. The summed E-state index contributed by atoms with van der Waals surface area (Å²) in [5.74, 6) is 0.208. The maximum Gasteiger partial charge on any atom is 0.264 e. The predicted octanol–water partition coefficient (Wildman–Crippen LogP) is 2.12. The van der Waals surface area contributed by atoms with E-state index in [-0.39, 0.29) is 41.8 Å². The summed E-state index contributed by atoms with van der Waals surface area (Å²) in [5, 5.41) is 5.07. The number of nitrogens with one attached hydrogen (secondary N) is 1. The molecule has 3 aliphatic carbocycles. The third-order valence-corrected chi connectivity index (χ3v) is 8.07. The zero-order valence-corrected chi connectivity index (χ0v) is 18.7. The van der Waals surface area contributed by atoms with Gasteiger partial charge in [0.15, 0.2) is 0 Å². The summed E-state index contributed by atoms with van der Waals surface area (Å²) in [7, 11) is 0. The van der Waals surface area contributed by atoms with E-state index in [0.717, 1.165) is 51.4 Å². The standard InChI is InChI=1S/C23H32N4O3S/c24-15-5-7-16(8-6-15)25-21(28)19-12-18(13-26(19)23(30)20-2-1-11-31-20)27(17-9-10-17)22(29)14-3-4-14/h1-2,11,14-19H,3-10,12-13,24H2,(H,25,28). The molecule has 1 aromatic rings. The van der Waals surface area contributed by atoms with E-state index in [2.05, 4.69) is 5.32 Å². The lowest BCUT2D eigenvalue weighted by atomic mass is 9.91. The van der Waals surface area contributed by atoms with Gasteiger partial charge in [0.1, 0.15) is 6.04 Å². The van der Waals surface area contributed by atoms with Crippen molar-refractivity contribution in [2.24, 2.45) is 11.7 Å². The molecule has 2 heterocycles. The summed E-state index contributed by atoms with van der Waals surface area (Å²) < 4.78 is 0. The largest absolute Gasteiger partial charge is 0.352 e. The van der Waals surface area contributed by atoms with Crippen LogP contribution in [-0.4, -0.2) is 64.3 Å². The number of likely N-dealkylation sites (tertiary alicyclic amines) is 1. The van der Waals surface area contributed by atoms with Gasteiger partial charge in [0.05, 0.1) is 10.9 Å². The number of amides is 3. The van der Waals surface area contributed by atoms with E-state index in [4.69, 9.17) is 5.73 Å². The zero-order chi connectivity index (χ0) is 21.5. The average Bonchev–Trinajstić information content (AvgIpc) is 3.68. The molecule has 5 rings (SSSR count). The molecule has 168 valence electrons. The molecule has 7 nitrogen and oxygen atoms in total. The van der Waals surface area contributed by atoms with Crippen molar-refractivity contribution >= 4 is 29.1 Å². The van der Waals surface area contributed by atoms with Crippen molar-refractivity contribution in [3.63, 3.8) is 0 Å². The van der Waals surface area contributed by atoms with Gasteiger partial charge in [-0.15, -0.1) is 11.3 Å². The molecule has 4 fully saturated rings. The summed E-state index contributed by atoms with van der Waals surface area (Å²) in [4.78, 5) is 44.0. The molecule has 1 aliphatic heterocycles. The molecular weight excluding hydrogens is 412 g/mol. The van der Waals surface area contributed by atoms with Gasteiger partial charge in [0.25, 0.3) is 5.91 Å². The van der Waals surface area contributed by atoms with E-state index >= 15 is 0 Å². The minimum Gasteiger partial charge on any atom is -0.352 e. The van der Waals surface area contributed by atoms with Crippen molar-refractivity contribution in [3.05, 3.63) is 22.4 Å². The summed E-state index contributed by atoms with van der Waals surface area (Å²) >= 11 is 1.40. The van der Waals surface area contributed by atoms with Crippen molar-refractivity contribution in [3.8, 4) is 0 Å². The van der Waals surface area contributed by atoms with Gasteiger partial charge in [-0.1, -0.05) is 6.07 Å². The minimum absolute atomic E-state index is 0.0694. The van der Waals surface area contributed by atoms with Crippen LogP contribution in [0.2, 0.25) is 0 Å². The highest BCUT2D eigenvalue weighted by molar-refractivity contribution is 7.12. The number of nitrogens with two attached hydrogens (primary N) is 1. The highest BCUT2D eigenvalue weighted by Crippen LogP contribution is 2.40. The fourth-order valence-electron chi connectivity index (χ4n) is 5.14. The van der Waals surface area contributed by atoms with E-state index in [9.17, 15) is 14.4 Å². The van der Waals surface area contributed by atoms with Crippen LogP contribution in [0.25, 0.3) is 0 Å². The third kappa shape index (κ3) is 4.51. The van der Waals surface area contributed by atoms with Crippen molar-refractivity contribution < 1.29 is 14.4 Å². The first kappa shape index (κ1) is 20.9. The maximum atomic E-state index is 13.3. The SMILES string of the molecule is NC1CCC(NC(=O)C2CC(N(C(=O)C3CC3)C3CC3)CN2C(=O)c2cccs2)CC1. The Morgan fingerprint density at radius 2 is 1.77 bits per heavy atom. The van der Waals surface area contributed by atoms with Gasteiger partial charge >= 0.3 is 0 Å². The normalized spacial score (nSPS) is 30.8. The molecule has 8 heteroatoms. The van der Waals surface area contributed by atoms with Crippen molar-refractivity contribution in [1.82, 2.24) is 15.1 Å². The van der Waals surface area contributed by atoms with Crippen LogP contribution in [0.3, 0.4) is 0 Å². The summed E-state index contributed by atoms with van der Waals surface area (Å²) in [5.41, 5.74) is 6.01. The highest BCUT2D eigenvalue weighted by atomic mass is 32.1. The Hall–Kier alpha value is -1.93. The fourth-order valence-corrected chi connectivity index (χ4v) is 5.82. The topological polar surface area (TPSA) is 95.7 Å². The number of carbonyl (C=O) groups excluding carboxylic acids is 3. The van der Waals surface area contributed by atoms with Crippen LogP contribution in [0.4, 0.5) is 0 Å². The lowest BCUT2D eigenvalue weighted by Gasteiger charge is -2.29. The second kappa shape index (κ2) is 8.54. The van der Waals surface area contributed by atoms with Crippen molar-refractivity contribution in [2.45, 2.75) is 88.0 Å². The predicted molar refractivity (Wildman–Crippen MR) is 119 cm³/mol. The molecule has 31 heavy (non-hydrogen) atoms. The number of hydrogen-bond acceptors (Lipinski definition) is 5. The molecule has 2 unspecified atom stereocenters. The smallest absolute Gasteiger partial charge is 0.264 e. The summed E-state index contributed by atoms with van der Waals surface area (Å²) in [6, 6.07) is 3.71. The van der Waals surface area contributed by atoms with Gasteiger partial charge in [-0.2, -0.15) is 0 Å². The van der Waals surface area contributed by atoms with E-state index in [1.165, 1.54) is 11.3 Å². The Bertz CT molecular complexity index is 828. The number of hydrogen-bond donors (Lipinski definition) is 2. The Balaban J connectivity index is 1.33. The van der Waals surface area contributed by atoms with Crippen LogP contribution in [0.15, 0.2) is 17.5 Å². The average molecular weight is 445 g/mol. The molecule has 0 spiro atoms. The maximum absolute atomic E-state index is 13.3. The van der Waals surface area contributed by atoms with Crippen molar-refractivity contribution in [2.75, 3.05) is 6.54 Å². The van der Waals surface area contributed by atoms with Crippen LogP contribution in [0.1, 0.15) is 67.5 Å². The quantitative estimate of drug-likeness (QED) is 0.703. The third-order valence-electron chi connectivity index (χ3n) is 7.21. The van der Waals surface area contributed by atoms with E-state index < -0.39 is 6.04 Å². The second-order valence-electron chi connectivity index (χ2n) is 9.71. The summed E-state index contributed by atoms with van der Waals surface area (Å²) in [6.45, 7) is 0.444. The Morgan fingerprint density at radius 3 is 2.39 bits per heavy atom. The van der Waals surface area contributed by atoms with Crippen LogP contribution in [0, 0.1) is 5.92 Å². The second-order valence-corrected chi connectivity index (χ2v) is 10.7. The lowest BCUT2D eigenvalue weighted by Crippen LogP contribution is -2.50. The lowest BCUT2D eigenvalue weighted by molar-refractivity contribution is -0.135. The highest BCUT2D eigenvalue weighted by Gasteiger charge is 2.49. The number of thiophene rings is 1. The van der Waals surface area contributed by atoms with Crippen molar-refractivity contribution in [1.29, 1.82) is 0 Å². The van der Waals surface area contributed by atoms with Crippen LogP contribution in [0.5, 0.6) is 0 Å². The van der Waals surface area contributed by atoms with Gasteiger partial charge in [-0.25, -0.2) is 0 Å². The molecule has 2 atom stereocenters. The molecule has 1 saturated heterocycles. The Labute approximate surface area is 187 Å². The molecule has 3 amide bonds. The summed E-state index contributed by atoms with van der Waals surface area (Å²) in [6.07, 6.45) is 8.15. The zero-order valence-electron chi connectivity index (χ0n) is 17.9. The van der Waals surface area contributed by atoms with Crippen LogP contribution < -0.4 is 11.1 Å². The van der Waals surface area contributed by atoms with E-state index in [0.29, 0.717) is 23.9 Å². The minimum atomic E-state index is -0.525. The van der Waals surface area contributed by atoms with Gasteiger partial charge in [0, 0.05) is 30.6 Å². The molecule has 0 aromatic carbocycles. The monoisotopic (exact) mass is 444 g/mol. The number of rotatable bonds is 6. The molecule has 0 radical (unpaired) electrons. The molecule has 0 bridgehead atoms. The Morgan fingerprint density at radius 1 is 1.03 bits per heavy atom. The van der Waals surface area contributed by atoms with Gasteiger partial charge < -0.3 is 20.9 Å². The van der Waals surface area contributed by atoms with Crippen LogP contribution in [-0.2, 0) is 9.59 Å². The fraction of sp³-hybridized carbons (Fsp3) is 0.696. The molecule has 3 saturated carbocycles. The molecular formula is C23H32N4O3S. The van der Waals surface area contributed by atoms with Gasteiger partial charge in [0.2, 0.25) is 11.8 Å². The number of carbonyl (C=O) groups is 3.